The van der Waals surface area contributed by atoms with Crippen molar-refractivity contribution in [3.8, 4) is 17.0 Å². The second kappa shape index (κ2) is 5.97. The molecule has 0 aliphatic rings. The second-order valence-electron chi connectivity index (χ2n) is 4.76. The van der Waals surface area contributed by atoms with Crippen molar-refractivity contribution in [1.29, 1.82) is 0 Å². The number of anilines is 2. The molecule has 3 nitrogen and oxygen atoms in total. The van der Waals surface area contributed by atoms with Crippen LogP contribution in [0, 0.1) is 0 Å². The number of phenols is 1. The Bertz CT molecular complexity index is 717. The average Bonchev–Trinajstić information content (AvgIpc) is 2.98. The minimum absolute atomic E-state index is 0.261. The third kappa shape index (κ3) is 3.23. The number of benzene rings is 2. The molecule has 0 amide bonds. The lowest BCUT2D eigenvalue weighted by Gasteiger charge is -2.02. The molecular formula is C17H16N2OS. The SMILES string of the molecule is CCc1ccc(-c2csc(Nc3ccc(O)cc3)n2)cc1. The Morgan fingerprint density at radius 1 is 1.05 bits per heavy atom. The fourth-order valence-electron chi connectivity index (χ4n) is 2.04. The van der Waals surface area contributed by atoms with Crippen molar-refractivity contribution in [2.75, 3.05) is 5.32 Å². The normalized spacial score (nSPS) is 10.5. The number of hydrogen-bond donors (Lipinski definition) is 2. The molecule has 1 aromatic heterocycles. The van der Waals surface area contributed by atoms with Gasteiger partial charge in [-0.1, -0.05) is 31.2 Å². The maximum absolute atomic E-state index is 9.28. The summed E-state index contributed by atoms with van der Waals surface area (Å²) in [5.74, 6) is 0.261. The smallest absolute Gasteiger partial charge is 0.187 e. The summed E-state index contributed by atoms with van der Waals surface area (Å²) >= 11 is 1.57. The predicted octanol–water partition coefficient (Wildman–Crippen LogP) is 4.82. The van der Waals surface area contributed by atoms with Crippen LogP contribution in [-0.2, 0) is 6.42 Å². The van der Waals surface area contributed by atoms with Crippen molar-refractivity contribution in [1.82, 2.24) is 4.98 Å². The topological polar surface area (TPSA) is 45.1 Å². The van der Waals surface area contributed by atoms with Crippen LogP contribution in [0.3, 0.4) is 0 Å². The van der Waals surface area contributed by atoms with Crippen LogP contribution >= 0.6 is 11.3 Å². The minimum atomic E-state index is 0.261. The van der Waals surface area contributed by atoms with E-state index in [0.717, 1.165) is 28.5 Å². The molecule has 0 fully saturated rings. The first-order valence-corrected chi connectivity index (χ1v) is 7.73. The summed E-state index contributed by atoms with van der Waals surface area (Å²) in [5.41, 5.74) is 4.34. The van der Waals surface area contributed by atoms with Crippen molar-refractivity contribution >= 4 is 22.2 Å². The van der Waals surface area contributed by atoms with Gasteiger partial charge in [-0.2, -0.15) is 0 Å². The van der Waals surface area contributed by atoms with Crippen LogP contribution in [0.25, 0.3) is 11.3 Å². The van der Waals surface area contributed by atoms with Crippen LogP contribution in [0.5, 0.6) is 5.75 Å². The van der Waals surface area contributed by atoms with Gasteiger partial charge in [0.15, 0.2) is 5.13 Å². The molecule has 0 spiro atoms. The summed E-state index contributed by atoms with van der Waals surface area (Å²) in [7, 11) is 0. The standard InChI is InChI=1S/C17H16N2OS/c1-2-12-3-5-13(6-4-12)16-11-21-17(19-16)18-14-7-9-15(20)10-8-14/h3-11,20H,2H2,1H3,(H,18,19). The number of aryl methyl sites for hydroxylation is 1. The average molecular weight is 296 g/mol. The van der Waals surface area contributed by atoms with Gasteiger partial charge in [-0.3, -0.25) is 0 Å². The Morgan fingerprint density at radius 2 is 1.76 bits per heavy atom. The first kappa shape index (κ1) is 13.6. The molecule has 1 heterocycles. The zero-order chi connectivity index (χ0) is 14.7. The number of nitrogens with one attached hydrogen (secondary N) is 1. The summed E-state index contributed by atoms with van der Waals surface area (Å²) in [6.07, 6.45) is 1.05. The Balaban J connectivity index is 1.77. The highest BCUT2D eigenvalue weighted by Crippen LogP contribution is 2.27. The van der Waals surface area contributed by atoms with E-state index in [4.69, 9.17) is 0 Å². The first-order chi connectivity index (χ1) is 10.2. The molecule has 0 bridgehead atoms. The molecule has 0 radical (unpaired) electrons. The number of thiazole rings is 1. The van der Waals surface area contributed by atoms with Gasteiger partial charge in [0.2, 0.25) is 0 Å². The highest BCUT2D eigenvalue weighted by atomic mass is 32.1. The molecule has 0 saturated heterocycles. The van der Waals surface area contributed by atoms with E-state index in [2.05, 4.69) is 41.5 Å². The maximum Gasteiger partial charge on any atom is 0.187 e. The quantitative estimate of drug-likeness (QED) is 0.678. The summed E-state index contributed by atoms with van der Waals surface area (Å²) in [5, 5.41) is 15.4. The molecular weight excluding hydrogens is 280 g/mol. The van der Waals surface area contributed by atoms with Crippen molar-refractivity contribution in [3.63, 3.8) is 0 Å². The van der Waals surface area contributed by atoms with Gasteiger partial charge in [0, 0.05) is 16.6 Å². The lowest BCUT2D eigenvalue weighted by Crippen LogP contribution is -1.89. The fraction of sp³-hybridized carbons (Fsp3) is 0.118. The first-order valence-electron chi connectivity index (χ1n) is 6.85. The zero-order valence-corrected chi connectivity index (χ0v) is 12.5. The van der Waals surface area contributed by atoms with E-state index in [1.807, 2.05) is 17.5 Å². The Kier molecular flexibility index (Phi) is 3.88. The van der Waals surface area contributed by atoms with Gasteiger partial charge < -0.3 is 10.4 Å². The molecule has 2 N–H and O–H groups in total. The van der Waals surface area contributed by atoms with E-state index < -0.39 is 0 Å². The minimum Gasteiger partial charge on any atom is -0.508 e. The molecule has 3 aromatic rings. The highest BCUT2D eigenvalue weighted by Gasteiger charge is 2.05. The molecule has 0 saturated carbocycles. The van der Waals surface area contributed by atoms with Gasteiger partial charge in [-0.15, -0.1) is 11.3 Å². The maximum atomic E-state index is 9.28. The van der Waals surface area contributed by atoms with Crippen LogP contribution in [0.15, 0.2) is 53.9 Å². The summed E-state index contributed by atoms with van der Waals surface area (Å²) in [6, 6.07) is 15.5. The zero-order valence-electron chi connectivity index (χ0n) is 11.7. The van der Waals surface area contributed by atoms with Crippen LogP contribution < -0.4 is 5.32 Å². The van der Waals surface area contributed by atoms with Crippen molar-refractivity contribution < 1.29 is 5.11 Å². The van der Waals surface area contributed by atoms with E-state index in [1.165, 1.54) is 5.56 Å². The number of aromatic nitrogens is 1. The third-order valence-corrected chi connectivity index (χ3v) is 4.04. The molecule has 106 valence electrons. The van der Waals surface area contributed by atoms with Gasteiger partial charge in [-0.25, -0.2) is 4.98 Å². The third-order valence-electron chi connectivity index (χ3n) is 3.28. The van der Waals surface area contributed by atoms with Crippen LogP contribution in [0.1, 0.15) is 12.5 Å². The van der Waals surface area contributed by atoms with E-state index in [9.17, 15) is 5.11 Å². The number of aromatic hydroxyl groups is 1. The van der Waals surface area contributed by atoms with E-state index in [0.29, 0.717) is 0 Å². The van der Waals surface area contributed by atoms with Crippen LogP contribution in [0.2, 0.25) is 0 Å². The second-order valence-corrected chi connectivity index (χ2v) is 5.62. The van der Waals surface area contributed by atoms with E-state index >= 15 is 0 Å². The van der Waals surface area contributed by atoms with Crippen molar-refractivity contribution in [2.45, 2.75) is 13.3 Å². The Labute approximate surface area is 127 Å². The van der Waals surface area contributed by atoms with Crippen LogP contribution in [0.4, 0.5) is 10.8 Å². The van der Waals surface area contributed by atoms with Crippen LogP contribution in [-0.4, -0.2) is 10.1 Å². The number of nitrogens with zero attached hydrogens (tertiary/aromatic N) is 1. The molecule has 0 atom stereocenters. The van der Waals surface area contributed by atoms with Gasteiger partial charge in [-0.05, 0) is 36.2 Å². The summed E-state index contributed by atoms with van der Waals surface area (Å²) in [6.45, 7) is 2.15. The molecule has 4 heteroatoms. The molecule has 21 heavy (non-hydrogen) atoms. The van der Waals surface area contributed by atoms with Gasteiger partial charge in [0.1, 0.15) is 5.75 Å². The van der Waals surface area contributed by atoms with E-state index in [1.54, 1.807) is 23.5 Å². The Morgan fingerprint density at radius 3 is 2.43 bits per heavy atom. The number of phenolic OH excluding ortho intramolecular Hbond substituents is 1. The Hall–Kier alpha value is -2.33. The number of hydrogen-bond acceptors (Lipinski definition) is 4. The molecule has 0 aliphatic heterocycles. The lowest BCUT2D eigenvalue weighted by atomic mass is 10.1. The highest BCUT2D eigenvalue weighted by molar-refractivity contribution is 7.14. The predicted molar refractivity (Wildman–Crippen MR) is 88.3 cm³/mol. The monoisotopic (exact) mass is 296 g/mol. The summed E-state index contributed by atoms with van der Waals surface area (Å²) in [4.78, 5) is 4.60. The van der Waals surface area contributed by atoms with Crippen molar-refractivity contribution in [2.24, 2.45) is 0 Å². The number of rotatable bonds is 4. The molecule has 0 aliphatic carbocycles. The largest absolute Gasteiger partial charge is 0.508 e. The van der Waals surface area contributed by atoms with Gasteiger partial charge >= 0.3 is 0 Å². The molecule has 3 rings (SSSR count). The van der Waals surface area contributed by atoms with Crippen molar-refractivity contribution in [3.05, 3.63) is 59.5 Å². The fourth-order valence-corrected chi connectivity index (χ4v) is 2.78. The van der Waals surface area contributed by atoms with Gasteiger partial charge in [0.05, 0.1) is 5.69 Å². The molecule has 2 aromatic carbocycles. The lowest BCUT2D eigenvalue weighted by molar-refractivity contribution is 0.475. The summed E-state index contributed by atoms with van der Waals surface area (Å²) < 4.78 is 0. The molecule has 0 unspecified atom stereocenters. The van der Waals surface area contributed by atoms with E-state index in [-0.39, 0.29) is 5.75 Å². The van der Waals surface area contributed by atoms with Gasteiger partial charge in [0.25, 0.3) is 0 Å².